The van der Waals surface area contributed by atoms with Gasteiger partial charge in [-0.1, -0.05) is 0 Å². The molecule has 7 nitrogen and oxygen atoms in total. The number of nitrogens with one attached hydrogen (secondary N) is 2. The van der Waals surface area contributed by atoms with E-state index in [1.807, 2.05) is 0 Å². The molecule has 0 atom stereocenters. The summed E-state index contributed by atoms with van der Waals surface area (Å²) < 4.78 is 4.10. The number of amides is 1. The number of nitrogens with two attached hydrogens (primary N) is 1. The maximum Gasteiger partial charge on any atom is 0.258 e. The molecule has 2 aliphatic rings. The van der Waals surface area contributed by atoms with Gasteiger partial charge in [0.15, 0.2) is 5.82 Å². The third-order valence-corrected chi connectivity index (χ3v) is 4.39. The molecule has 1 aliphatic carbocycles. The first kappa shape index (κ1) is 13.6. The van der Waals surface area contributed by atoms with Crippen molar-refractivity contribution in [2.24, 2.45) is 0 Å². The molecule has 1 saturated carbocycles. The predicted molar refractivity (Wildman–Crippen MR) is 79.7 cm³/mol. The van der Waals surface area contributed by atoms with E-state index in [0.29, 0.717) is 17.4 Å². The van der Waals surface area contributed by atoms with Crippen molar-refractivity contribution in [1.29, 1.82) is 0 Å². The Hall–Kier alpha value is -1.38. The topological polar surface area (TPSA) is 86.5 Å². The van der Waals surface area contributed by atoms with Crippen LogP contribution in [0.3, 0.4) is 0 Å². The number of nitrogens with zero attached hydrogens (tertiary/aromatic N) is 3. The lowest BCUT2D eigenvalue weighted by molar-refractivity contribution is 0.0952. The molecule has 0 bridgehead atoms. The Labute approximate surface area is 122 Å². The van der Waals surface area contributed by atoms with Crippen molar-refractivity contribution in [2.75, 3.05) is 44.4 Å². The van der Waals surface area contributed by atoms with Gasteiger partial charge in [0.05, 0.1) is 0 Å². The van der Waals surface area contributed by atoms with Gasteiger partial charge in [-0.05, 0) is 31.4 Å². The number of hydrogen-bond donors (Lipinski definition) is 3. The van der Waals surface area contributed by atoms with E-state index in [0.717, 1.165) is 44.0 Å². The average Bonchev–Trinajstić information content (AvgIpc) is 3.15. The summed E-state index contributed by atoms with van der Waals surface area (Å²) in [6.07, 6.45) is 2.12. The lowest BCUT2D eigenvalue weighted by Gasteiger charge is -2.32. The van der Waals surface area contributed by atoms with Crippen molar-refractivity contribution in [3.8, 4) is 0 Å². The van der Waals surface area contributed by atoms with Gasteiger partial charge in [0.25, 0.3) is 5.91 Å². The Morgan fingerprint density at radius 2 is 2.05 bits per heavy atom. The van der Waals surface area contributed by atoms with E-state index in [9.17, 15) is 4.79 Å². The van der Waals surface area contributed by atoms with Crippen LogP contribution in [0.1, 0.15) is 23.2 Å². The van der Waals surface area contributed by atoms with Crippen LogP contribution in [0.25, 0.3) is 0 Å². The monoisotopic (exact) mass is 296 g/mol. The summed E-state index contributed by atoms with van der Waals surface area (Å²) in [7, 11) is 2.11. The number of carbonyl (C=O) groups excluding carboxylic acids is 1. The lowest BCUT2D eigenvalue weighted by Crippen LogP contribution is -2.47. The fourth-order valence-corrected chi connectivity index (χ4v) is 2.88. The van der Waals surface area contributed by atoms with E-state index in [1.165, 1.54) is 11.5 Å². The maximum atomic E-state index is 12.2. The molecular formula is C12H20N6OS. The molecule has 110 valence electrons. The van der Waals surface area contributed by atoms with Crippen molar-refractivity contribution in [3.63, 3.8) is 0 Å². The molecular weight excluding hydrogens is 276 g/mol. The molecule has 1 aromatic rings. The van der Waals surface area contributed by atoms with Gasteiger partial charge in [-0.2, -0.15) is 4.37 Å². The first-order chi connectivity index (χ1) is 9.63. The number of carbonyl (C=O) groups is 1. The Morgan fingerprint density at radius 3 is 2.70 bits per heavy atom. The van der Waals surface area contributed by atoms with E-state index < -0.39 is 0 Å². The molecule has 0 spiro atoms. The highest BCUT2D eigenvalue weighted by Gasteiger charge is 2.28. The fourth-order valence-electron chi connectivity index (χ4n) is 2.15. The van der Waals surface area contributed by atoms with E-state index in [2.05, 4.69) is 32.1 Å². The van der Waals surface area contributed by atoms with Crippen molar-refractivity contribution < 1.29 is 4.79 Å². The Morgan fingerprint density at radius 1 is 1.35 bits per heavy atom. The van der Waals surface area contributed by atoms with Gasteiger partial charge < -0.3 is 21.4 Å². The van der Waals surface area contributed by atoms with Crippen molar-refractivity contribution >= 4 is 28.3 Å². The van der Waals surface area contributed by atoms with E-state index >= 15 is 0 Å². The zero-order valence-corrected chi connectivity index (χ0v) is 12.4. The highest BCUT2D eigenvalue weighted by Crippen LogP contribution is 2.29. The largest absolute Gasteiger partial charge is 0.382 e. The van der Waals surface area contributed by atoms with Crippen molar-refractivity contribution in [2.45, 2.75) is 18.9 Å². The highest BCUT2D eigenvalue weighted by atomic mass is 32.1. The first-order valence-corrected chi connectivity index (χ1v) is 7.67. The minimum atomic E-state index is -0.115. The molecule has 2 heterocycles. The predicted octanol–water partition coefficient (Wildman–Crippen LogP) is 0.192. The lowest BCUT2D eigenvalue weighted by atomic mass is 10.3. The molecule has 0 radical (unpaired) electrons. The summed E-state index contributed by atoms with van der Waals surface area (Å²) in [6.45, 7) is 3.84. The standard InChI is InChI=1S/C12H20N6OS/c1-17-4-6-18(7-5-17)15-12-9(10(13)16-20-12)11(19)14-8-2-3-8/h8,15H,2-7H2,1H3,(H2,13,16)(H,14,19). The second kappa shape index (κ2) is 5.55. The van der Waals surface area contributed by atoms with Crippen LogP contribution < -0.4 is 16.5 Å². The smallest absolute Gasteiger partial charge is 0.258 e. The molecule has 0 aromatic carbocycles. The second-order valence-electron chi connectivity index (χ2n) is 5.42. The number of likely N-dealkylation sites (N-methyl/N-ethyl adjacent to an activating group) is 1. The van der Waals surface area contributed by atoms with Gasteiger partial charge in [0.1, 0.15) is 10.6 Å². The number of nitrogen functional groups attached to an aromatic ring is 1. The number of hydrazine groups is 1. The highest BCUT2D eigenvalue weighted by molar-refractivity contribution is 7.11. The zero-order valence-electron chi connectivity index (χ0n) is 11.6. The molecule has 1 aliphatic heterocycles. The van der Waals surface area contributed by atoms with Crippen molar-refractivity contribution in [3.05, 3.63) is 5.56 Å². The van der Waals surface area contributed by atoms with Crippen molar-refractivity contribution in [1.82, 2.24) is 19.6 Å². The van der Waals surface area contributed by atoms with Gasteiger partial charge in [0.2, 0.25) is 0 Å². The summed E-state index contributed by atoms with van der Waals surface area (Å²) in [6, 6.07) is 0.318. The van der Waals surface area contributed by atoms with Crippen LogP contribution in [0.2, 0.25) is 0 Å². The van der Waals surface area contributed by atoms with Gasteiger partial charge in [-0.15, -0.1) is 0 Å². The van der Waals surface area contributed by atoms with E-state index in [-0.39, 0.29) is 5.91 Å². The van der Waals surface area contributed by atoms with Gasteiger partial charge >= 0.3 is 0 Å². The SMILES string of the molecule is CN1CCN(Nc2snc(N)c2C(=O)NC2CC2)CC1. The summed E-state index contributed by atoms with van der Waals surface area (Å²) >= 11 is 1.24. The van der Waals surface area contributed by atoms with Crippen LogP contribution >= 0.6 is 11.5 Å². The minimum Gasteiger partial charge on any atom is -0.382 e. The zero-order chi connectivity index (χ0) is 14.1. The molecule has 0 unspecified atom stereocenters. The minimum absolute atomic E-state index is 0.115. The Balaban J connectivity index is 1.68. The third-order valence-electron chi connectivity index (χ3n) is 3.62. The quantitative estimate of drug-likeness (QED) is 0.735. The van der Waals surface area contributed by atoms with Gasteiger partial charge in [-0.3, -0.25) is 4.79 Å². The number of hydrogen-bond acceptors (Lipinski definition) is 7. The molecule has 4 N–H and O–H groups in total. The van der Waals surface area contributed by atoms with E-state index in [4.69, 9.17) is 5.73 Å². The molecule has 1 saturated heterocycles. The summed E-state index contributed by atoms with van der Waals surface area (Å²) in [5, 5.41) is 5.82. The van der Waals surface area contributed by atoms with Crippen LogP contribution in [0.4, 0.5) is 10.8 Å². The third kappa shape index (κ3) is 3.02. The van der Waals surface area contributed by atoms with Crippen LogP contribution in [0.15, 0.2) is 0 Å². The Bertz CT molecular complexity index is 492. The summed E-state index contributed by atoms with van der Waals surface area (Å²) in [4.78, 5) is 14.5. The number of anilines is 2. The molecule has 20 heavy (non-hydrogen) atoms. The number of piperazine rings is 1. The van der Waals surface area contributed by atoms with E-state index in [1.54, 1.807) is 0 Å². The fraction of sp³-hybridized carbons (Fsp3) is 0.667. The van der Waals surface area contributed by atoms with Crippen LogP contribution in [-0.2, 0) is 0 Å². The molecule has 1 amide bonds. The molecule has 2 fully saturated rings. The second-order valence-corrected chi connectivity index (χ2v) is 6.20. The van der Waals surface area contributed by atoms with Gasteiger partial charge in [0, 0.05) is 32.2 Å². The normalized spacial score (nSPS) is 20.9. The summed E-state index contributed by atoms with van der Waals surface area (Å²) in [5.74, 6) is 0.195. The van der Waals surface area contributed by atoms with Crippen LogP contribution in [0, 0.1) is 0 Å². The van der Waals surface area contributed by atoms with Crippen LogP contribution in [0.5, 0.6) is 0 Å². The molecule has 8 heteroatoms. The molecule has 1 aromatic heterocycles. The van der Waals surface area contributed by atoms with Gasteiger partial charge in [-0.25, -0.2) is 5.01 Å². The molecule has 3 rings (SSSR count). The average molecular weight is 296 g/mol. The van der Waals surface area contributed by atoms with Crippen LogP contribution in [-0.4, -0.2) is 59.5 Å². The maximum absolute atomic E-state index is 12.2. The number of aromatic nitrogens is 1. The first-order valence-electron chi connectivity index (χ1n) is 6.89. The summed E-state index contributed by atoms with van der Waals surface area (Å²) in [5.41, 5.74) is 9.61. The Kier molecular flexibility index (Phi) is 3.77. The number of rotatable bonds is 4.